The van der Waals surface area contributed by atoms with Gasteiger partial charge in [-0.05, 0) is 35.7 Å². The van der Waals surface area contributed by atoms with Crippen molar-refractivity contribution in [3.63, 3.8) is 0 Å². The Hall–Kier alpha value is -3.62. The first kappa shape index (κ1) is 22.1. The molecule has 31 heavy (non-hydrogen) atoms. The topological polar surface area (TPSA) is 74.6 Å². The summed E-state index contributed by atoms with van der Waals surface area (Å²) in [7, 11) is 4.43. The SMILES string of the molecule is CCc1cc(OC)c(OC)cc1Nc1nc(=O)c(OC)cn1Cc1ccc(F)c(F)c1. The molecule has 7 nitrogen and oxygen atoms in total. The molecular formula is C22H23F2N3O4. The minimum absolute atomic E-state index is 0.0242. The van der Waals surface area contributed by atoms with Crippen LogP contribution in [0.15, 0.2) is 41.3 Å². The van der Waals surface area contributed by atoms with Crippen molar-refractivity contribution in [2.75, 3.05) is 26.6 Å². The predicted octanol–water partition coefficient (Wildman–Crippen LogP) is 3.90. The van der Waals surface area contributed by atoms with Crippen molar-refractivity contribution in [2.45, 2.75) is 19.9 Å². The molecule has 1 N–H and O–H groups in total. The predicted molar refractivity (Wildman–Crippen MR) is 113 cm³/mol. The average molecular weight is 431 g/mol. The van der Waals surface area contributed by atoms with E-state index >= 15 is 0 Å². The Balaban J connectivity index is 2.07. The fourth-order valence-electron chi connectivity index (χ4n) is 3.12. The van der Waals surface area contributed by atoms with Crippen LogP contribution in [0.1, 0.15) is 18.1 Å². The maximum atomic E-state index is 13.7. The summed E-state index contributed by atoms with van der Waals surface area (Å²) in [6, 6.07) is 7.19. The van der Waals surface area contributed by atoms with E-state index in [0.29, 0.717) is 29.2 Å². The summed E-state index contributed by atoms with van der Waals surface area (Å²) in [6.45, 7) is 2.10. The second-order valence-electron chi connectivity index (χ2n) is 6.66. The summed E-state index contributed by atoms with van der Waals surface area (Å²) in [6.07, 6.45) is 2.14. The molecule has 3 rings (SSSR count). The van der Waals surface area contributed by atoms with E-state index in [1.165, 1.54) is 26.5 Å². The first-order valence-electron chi connectivity index (χ1n) is 9.51. The van der Waals surface area contributed by atoms with E-state index in [-0.39, 0.29) is 18.2 Å². The van der Waals surface area contributed by atoms with Crippen LogP contribution in [-0.4, -0.2) is 30.9 Å². The van der Waals surface area contributed by atoms with Gasteiger partial charge < -0.3 is 24.1 Å². The van der Waals surface area contributed by atoms with E-state index in [1.54, 1.807) is 17.7 Å². The van der Waals surface area contributed by atoms with Gasteiger partial charge in [0.15, 0.2) is 23.1 Å². The van der Waals surface area contributed by atoms with E-state index in [9.17, 15) is 13.6 Å². The maximum Gasteiger partial charge on any atom is 0.316 e. The smallest absolute Gasteiger partial charge is 0.316 e. The average Bonchev–Trinajstić information content (AvgIpc) is 2.77. The third kappa shape index (κ3) is 4.76. The molecule has 9 heteroatoms. The van der Waals surface area contributed by atoms with Gasteiger partial charge in [-0.1, -0.05) is 13.0 Å². The summed E-state index contributed by atoms with van der Waals surface area (Å²) in [5.74, 6) is -0.581. The van der Waals surface area contributed by atoms with Gasteiger partial charge in [0.1, 0.15) is 0 Å². The summed E-state index contributed by atoms with van der Waals surface area (Å²) in [4.78, 5) is 16.4. The standard InChI is InChI=1S/C22H23F2N3O4/c1-5-14-9-18(29-2)19(30-3)10-17(14)25-22-26-21(28)20(31-4)12-27(22)11-13-6-7-15(23)16(24)8-13/h6-10,12H,5,11H2,1-4H3,(H,25,26,28). The van der Waals surface area contributed by atoms with Gasteiger partial charge >= 0.3 is 5.56 Å². The lowest BCUT2D eigenvalue weighted by atomic mass is 10.1. The van der Waals surface area contributed by atoms with E-state index in [2.05, 4.69) is 10.3 Å². The highest BCUT2D eigenvalue weighted by molar-refractivity contribution is 5.65. The van der Waals surface area contributed by atoms with Crippen molar-refractivity contribution in [3.05, 3.63) is 69.6 Å². The molecule has 0 spiro atoms. The van der Waals surface area contributed by atoms with Gasteiger partial charge in [-0.3, -0.25) is 4.79 Å². The molecule has 1 heterocycles. The van der Waals surface area contributed by atoms with Crippen LogP contribution in [0.2, 0.25) is 0 Å². The van der Waals surface area contributed by atoms with Crippen LogP contribution in [0, 0.1) is 11.6 Å². The molecule has 0 radical (unpaired) electrons. The van der Waals surface area contributed by atoms with Gasteiger partial charge in [-0.25, -0.2) is 8.78 Å². The Morgan fingerprint density at radius 2 is 1.65 bits per heavy atom. The quantitative estimate of drug-likeness (QED) is 0.583. The van der Waals surface area contributed by atoms with Crippen LogP contribution in [-0.2, 0) is 13.0 Å². The Bertz CT molecular complexity index is 1150. The largest absolute Gasteiger partial charge is 0.493 e. The van der Waals surface area contributed by atoms with E-state index in [4.69, 9.17) is 14.2 Å². The third-order valence-electron chi connectivity index (χ3n) is 4.76. The number of hydrogen-bond acceptors (Lipinski definition) is 6. The number of hydrogen-bond donors (Lipinski definition) is 1. The van der Waals surface area contributed by atoms with E-state index in [0.717, 1.165) is 17.7 Å². The number of benzene rings is 2. The Morgan fingerprint density at radius 3 is 2.26 bits per heavy atom. The number of nitrogens with one attached hydrogen (secondary N) is 1. The Morgan fingerprint density at radius 1 is 0.968 bits per heavy atom. The molecule has 0 unspecified atom stereocenters. The molecule has 0 aliphatic carbocycles. The van der Waals surface area contributed by atoms with Crippen LogP contribution >= 0.6 is 0 Å². The number of methoxy groups -OCH3 is 3. The summed E-state index contributed by atoms with van der Waals surface area (Å²) in [5, 5.41) is 3.15. The molecule has 0 saturated carbocycles. The fourth-order valence-corrected chi connectivity index (χ4v) is 3.12. The molecule has 0 amide bonds. The molecule has 0 fully saturated rings. The fraction of sp³-hybridized carbons (Fsp3) is 0.273. The molecular weight excluding hydrogens is 408 g/mol. The van der Waals surface area contributed by atoms with Crippen LogP contribution in [0.25, 0.3) is 0 Å². The van der Waals surface area contributed by atoms with Gasteiger partial charge in [0.05, 0.1) is 34.1 Å². The van der Waals surface area contributed by atoms with Gasteiger partial charge in [0.2, 0.25) is 11.7 Å². The monoisotopic (exact) mass is 431 g/mol. The highest BCUT2D eigenvalue weighted by Gasteiger charge is 2.15. The minimum Gasteiger partial charge on any atom is -0.493 e. The molecule has 3 aromatic rings. The third-order valence-corrected chi connectivity index (χ3v) is 4.76. The van der Waals surface area contributed by atoms with Gasteiger partial charge in [0, 0.05) is 11.8 Å². The lowest BCUT2D eigenvalue weighted by Gasteiger charge is -2.18. The molecule has 0 aliphatic rings. The summed E-state index contributed by atoms with van der Waals surface area (Å²) < 4.78 is 44.4. The number of rotatable bonds is 8. The van der Waals surface area contributed by atoms with Crippen LogP contribution in [0.5, 0.6) is 17.2 Å². The number of aryl methyl sites for hydroxylation is 1. The molecule has 0 atom stereocenters. The van der Waals surface area contributed by atoms with Crippen molar-refractivity contribution in [3.8, 4) is 17.2 Å². The molecule has 1 aromatic heterocycles. The van der Waals surface area contributed by atoms with Crippen LogP contribution in [0.3, 0.4) is 0 Å². The van der Waals surface area contributed by atoms with E-state index in [1.807, 2.05) is 13.0 Å². The van der Waals surface area contributed by atoms with Crippen molar-refractivity contribution in [1.29, 1.82) is 0 Å². The van der Waals surface area contributed by atoms with Crippen molar-refractivity contribution >= 4 is 11.6 Å². The van der Waals surface area contributed by atoms with Gasteiger partial charge in [0.25, 0.3) is 0 Å². The maximum absolute atomic E-state index is 13.7. The molecule has 2 aromatic carbocycles. The highest BCUT2D eigenvalue weighted by atomic mass is 19.2. The van der Waals surface area contributed by atoms with Crippen LogP contribution < -0.4 is 25.1 Å². The first-order chi connectivity index (χ1) is 14.9. The van der Waals surface area contributed by atoms with Gasteiger partial charge in [-0.2, -0.15) is 4.98 Å². The Kier molecular flexibility index (Phi) is 6.74. The lowest BCUT2D eigenvalue weighted by molar-refractivity contribution is 0.355. The van der Waals surface area contributed by atoms with Crippen molar-refractivity contribution in [2.24, 2.45) is 0 Å². The minimum atomic E-state index is -0.957. The molecule has 0 bridgehead atoms. The molecule has 164 valence electrons. The second-order valence-corrected chi connectivity index (χ2v) is 6.66. The van der Waals surface area contributed by atoms with E-state index < -0.39 is 17.2 Å². The normalized spacial score (nSPS) is 10.6. The summed E-state index contributed by atoms with van der Waals surface area (Å²) in [5.41, 5.74) is 1.49. The van der Waals surface area contributed by atoms with Crippen molar-refractivity contribution < 1.29 is 23.0 Å². The highest BCUT2D eigenvalue weighted by Crippen LogP contribution is 2.34. The zero-order chi connectivity index (χ0) is 22.5. The van der Waals surface area contributed by atoms with Crippen molar-refractivity contribution in [1.82, 2.24) is 9.55 Å². The lowest BCUT2D eigenvalue weighted by Crippen LogP contribution is -2.19. The second kappa shape index (κ2) is 9.46. The number of aromatic nitrogens is 2. The number of nitrogens with zero attached hydrogens (tertiary/aromatic N) is 2. The Labute approximate surface area is 178 Å². The number of ether oxygens (including phenoxy) is 3. The zero-order valence-electron chi connectivity index (χ0n) is 17.7. The number of anilines is 2. The summed E-state index contributed by atoms with van der Waals surface area (Å²) >= 11 is 0. The first-order valence-corrected chi connectivity index (χ1v) is 9.51. The number of halogens is 2. The molecule has 0 aliphatic heterocycles. The molecule has 0 saturated heterocycles. The van der Waals surface area contributed by atoms with Crippen LogP contribution in [0.4, 0.5) is 20.4 Å². The van der Waals surface area contributed by atoms with Gasteiger partial charge in [-0.15, -0.1) is 0 Å². The zero-order valence-corrected chi connectivity index (χ0v) is 17.7.